The summed E-state index contributed by atoms with van der Waals surface area (Å²) in [6.07, 6.45) is 6.64. The van der Waals surface area contributed by atoms with Gasteiger partial charge in [-0.05, 0) is 72.4 Å². The van der Waals surface area contributed by atoms with Crippen LogP contribution in [0.2, 0.25) is 0 Å². The highest BCUT2D eigenvalue weighted by molar-refractivity contribution is 5.82. The maximum absolute atomic E-state index is 3.97. The lowest BCUT2D eigenvalue weighted by atomic mass is 9.70. The molecule has 144 valence electrons. The van der Waals surface area contributed by atoms with Gasteiger partial charge in [0.1, 0.15) is 0 Å². The molecule has 2 aliphatic carbocycles. The van der Waals surface area contributed by atoms with E-state index < -0.39 is 0 Å². The average Bonchev–Trinajstić information content (AvgIpc) is 2.82. The van der Waals surface area contributed by atoms with Gasteiger partial charge in [-0.25, -0.2) is 0 Å². The molecule has 3 atom stereocenters. The summed E-state index contributed by atoms with van der Waals surface area (Å²) in [5.41, 5.74) is 7.32. The van der Waals surface area contributed by atoms with Crippen molar-refractivity contribution >= 4 is 5.69 Å². The first-order valence-electron chi connectivity index (χ1n) is 10.8. The summed E-state index contributed by atoms with van der Waals surface area (Å²) in [6, 6.07) is 16.0. The highest BCUT2D eigenvalue weighted by Crippen LogP contribution is 2.49. The Hall–Kier alpha value is -1.76. The average molecular weight is 362 g/mol. The fraction of sp³-hybridized carbons (Fsp3) is 0.538. The molecule has 1 heteroatoms. The maximum atomic E-state index is 3.97. The third-order valence-electron chi connectivity index (χ3n) is 7.00. The molecule has 2 aromatic rings. The van der Waals surface area contributed by atoms with E-state index in [4.69, 9.17) is 0 Å². The number of hydrogen-bond acceptors (Lipinski definition) is 1. The number of fused-ring (bicyclic) bond motifs is 3. The van der Waals surface area contributed by atoms with E-state index in [1.54, 1.807) is 0 Å². The Morgan fingerprint density at radius 1 is 0.963 bits per heavy atom. The van der Waals surface area contributed by atoms with Gasteiger partial charge in [0.15, 0.2) is 0 Å². The zero-order valence-electron chi connectivity index (χ0n) is 17.7. The molecule has 0 aromatic heterocycles. The predicted molar refractivity (Wildman–Crippen MR) is 117 cm³/mol. The van der Waals surface area contributed by atoms with Crippen LogP contribution in [0, 0.1) is 11.8 Å². The van der Waals surface area contributed by atoms with Crippen LogP contribution >= 0.6 is 0 Å². The Morgan fingerprint density at radius 3 is 2.48 bits per heavy atom. The molecule has 0 bridgehead atoms. The van der Waals surface area contributed by atoms with E-state index >= 15 is 0 Å². The first-order chi connectivity index (χ1) is 12.8. The van der Waals surface area contributed by atoms with Crippen molar-refractivity contribution in [3.8, 4) is 11.1 Å². The van der Waals surface area contributed by atoms with Crippen LogP contribution in [0.4, 0.5) is 5.69 Å². The van der Waals surface area contributed by atoms with E-state index in [2.05, 4.69) is 82.4 Å². The number of anilines is 1. The number of hydrogen-bond donors (Lipinski definition) is 1. The van der Waals surface area contributed by atoms with Crippen LogP contribution < -0.4 is 5.32 Å². The molecule has 1 nitrogen and oxygen atoms in total. The summed E-state index contributed by atoms with van der Waals surface area (Å²) < 4.78 is 0. The van der Waals surface area contributed by atoms with Gasteiger partial charge in [0, 0.05) is 16.6 Å². The van der Waals surface area contributed by atoms with Gasteiger partial charge in [-0.2, -0.15) is 0 Å². The first-order valence-corrected chi connectivity index (χ1v) is 10.8. The molecule has 0 saturated heterocycles. The molecular weight excluding hydrogens is 326 g/mol. The second-order valence-electron chi connectivity index (χ2n) is 10.0. The molecular formula is C26H35N. The topological polar surface area (TPSA) is 12.0 Å². The molecule has 1 N–H and O–H groups in total. The molecule has 0 heterocycles. The van der Waals surface area contributed by atoms with Crippen LogP contribution in [-0.4, -0.2) is 5.54 Å². The van der Waals surface area contributed by atoms with Crippen LogP contribution in [-0.2, 0) is 5.41 Å². The zero-order chi connectivity index (χ0) is 19.2. The van der Waals surface area contributed by atoms with Crippen molar-refractivity contribution in [1.29, 1.82) is 0 Å². The summed E-state index contributed by atoms with van der Waals surface area (Å²) in [7, 11) is 0. The van der Waals surface area contributed by atoms with E-state index in [0.29, 0.717) is 0 Å². The minimum Gasteiger partial charge on any atom is -0.380 e. The van der Waals surface area contributed by atoms with E-state index in [1.165, 1.54) is 60.0 Å². The van der Waals surface area contributed by atoms with Crippen LogP contribution in [0.1, 0.15) is 77.8 Å². The Bertz CT molecular complexity index is 834. The minimum absolute atomic E-state index is 0.0785. The lowest BCUT2D eigenvalue weighted by Crippen LogP contribution is -2.42. The molecule has 2 aromatic carbocycles. The second kappa shape index (κ2) is 6.69. The number of rotatable bonds is 4. The van der Waals surface area contributed by atoms with Crippen molar-refractivity contribution in [2.75, 3.05) is 5.32 Å². The van der Waals surface area contributed by atoms with Gasteiger partial charge >= 0.3 is 0 Å². The molecule has 2 aliphatic rings. The highest BCUT2D eigenvalue weighted by atomic mass is 15.0. The maximum Gasteiger partial charge on any atom is 0.0350 e. The lowest BCUT2D eigenvalue weighted by molar-refractivity contribution is 0.193. The van der Waals surface area contributed by atoms with Crippen molar-refractivity contribution in [2.45, 2.75) is 77.7 Å². The van der Waals surface area contributed by atoms with Crippen molar-refractivity contribution in [3.05, 3.63) is 53.6 Å². The van der Waals surface area contributed by atoms with Crippen LogP contribution in [0.25, 0.3) is 11.1 Å². The van der Waals surface area contributed by atoms with Gasteiger partial charge in [-0.3, -0.25) is 0 Å². The lowest BCUT2D eigenvalue weighted by Gasteiger charge is -2.43. The van der Waals surface area contributed by atoms with Crippen molar-refractivity contribution in [2.24, 2.45) is 11.8 Å². The van der Waals surface area contributed by atoms with Crippen molar-refractivity contribution in [3.63, 3.8) is 0 Å². The molecule has 4 rings (SSSR count). The second-order valence-corrected chi connectivity index (χ2v) is 10.0. The Morgan fingerprint density at radius 2 is 1.70 bits per heavy atom. The summed E-state index contributed by atoms with van der Waals surface area (Å²) in [5, 5.41) is 3.97. The number of benzene rings is 2. The largest absolute Gasteiger partial charge is 0.380 e. The van der Waals surface area contributed by atoms with Gasteiger partial charge in [0.25, 0.3) is 0 Å². The quantitative estimate of drug-likeness (QED) is 0.598. The summed E-state index contributed by atoms with van der Waals surface area (Å²) >= 11 is 0. The SMILES string of the molecule is CCCC1CC(C)CC(C)(Nc2ccc3c(c2)C(C)(C)c2ccccc2-3)C1. The Kier molecular flexibility index (Phi) is 4.61. The molecule has 3 unspecified atom stereocenters. The molecule has 1 fully saturated rings. The number of nitrogens with one attached hydrogen (secondary N) is 1. The summed E-state index contributed by atoms with van der Waals surface area (Å²) in [6.45, 7) is 11.9. The Balaban J connectivity index is 1.63. The monoisotopic (exact) mass is 361 g/mol. The van der Waals surface area contributed by atoms with Crippen molar-refractivity contribution < 1.29 is 0 Å². The van der Waals surface area contributed by atoms with Crippen LogP contribution in [0.3, 0.4) is 0 Å². The molecule has 0 radical (unpaired) electrons. The van der Waals surface area contributed by atoms with Gasteiger partial charge < -0.3 is 5.32 Å². The molecule has 0 spiro atoms. The summed E-state index contributed by atoms with van der Waals surface area (Å²) in [4.78, 5) is 0. The Labute approximate surface area is 165 Å². The smallest absolute Gasteiger partial charge is 0.0350 e. The van der Waals surface area contributed by atoms with Gasteiger partial charge in [-0.15, -0.1) is 0 Å². The fourth-order valence-electron chi connectivity index (χ4n) is 6.09. The summed E-state index contributed by atoms with van der Waals surface area (Å²) in [5.74, 6) is 1.68. The molecule has 0 aliphatic heterocycles. The standard InChI is InChI=1S/C26H35N/c1-6-9-19-14-18(2)16-26(5,17-19)27-20-12-13-22-21-10-7-8-11-23(21)25(3,4)24(22)15-20/h7-8,10-13,15,18-19,27H,6,9,14,16-17H2,1-5H3. The van der Waals surface area contributed by atoms with E-state index in [9.17, 15) is 0 Å². The normalized spacial score (nSPS) is 28.5. The highest BCUT2D eigenvalue weighted by Gasteiger charge is 2.37. The predicted octanol–water partition coefficient (Wildman–Crippen LogP) is 7.40. The van der Waals surface area contributed by atoms with E-state index in [-0.39, 0.29) is 11.0 Å². The third-order valence-corrected chi connectivity index (χ3v) is 7.00. The fourth-order valence-corrected chi connectivity index (χ4v) is 6.09. The molecule has 27 heavy (non-hydrogen) atoms. The zero-order valence-corrected chi connectivity index (χ0v) is 17.7. The van der Waals surface area contributed by atoms with Gasteiger partial charge in [0.2, 0.25) is 0 Å². The third kappa shape index (κ3) is 3.30. The molecule has 0 amide bonds. The van der Waals surface area contributed by atoms with Gasteiger partial charge in [-0.1, -0.05) is 70.9 Å². The van der Waals surface area contributed by atoms with Crippen LogP contribution in [0.5, 0.6) is 0 Å². The van der Waals surface area contributed by atoms with Crippen molar-refractivity contribution in [1.82, 2.24) is 0 Å². The molecule has 1 saturated carbocycles. The van der Waals surface area contributed by atoms with E-state index in [0.717, 1.165) is 11.8 Å². The van der Waals surface area contributed by atoms with Crippen LogP contribution in [0.15, 0.2) is 42.5 Å². The minimum atomic E-state index is 0.0785. The van der Waals surface area contributed by atoms with E-state index in [1.807, 2.05) is 0 Å². The van der Waals surface area contributed by atoms with Gasteiger partial charge in [0.05, 0.1) is 0 Å². The first kappa shape index (κ1) is 18.6.